The molecular formula is C16H20N6OS. The van der Waals surface area contributed by atoms with E-state index in [1.165, 1.54) is 0 Å². The van der Waals surface area contributed by atoms with Crippen LogP contribution in [-0.4, -0.2) is 36.4 Å². The highest BCUT2D eigenvalue weighted by molar-refractivity contribution is 7.13. The molecule has 0 N–H and O–H groups in total. The molecule has 3 aromatic rings. The van der Waals surface area contributed by atoms with Crippen LogP contribution in [0.5, 0.6) is 0 Å². The minimum Gasteiger partial charge on any atom is -0.418 e. The third kappa shape index (κ3) is 2.65. The maximum Gasteiger partial charge on any atom is 0.257 e. The highest BCUT2D eigenvalue weighted by Gasteiger charge is 2.28. The van der Waals surface area contributed by atoms with Crippen molar-refractivity contribution < 1.29 is 4.42 Å². The van der Waals surface area contributed by atoms with Gasteiger partial charge in [0.1, 0.15) is 11.6 Å². The molecule has 0 aromatic carbocycles. The summed E-state index contributed by atoms with van der Waals surface area (Å²) >= 11 is 1.60. The molecule has 0 saturated heterocycles. The lowest BCUT2D eigenvalue weighted by Gasteiger charge is -2.31. The lowest BCUT2D eigenvalue weighted by atomic mass is 10.2. The van der Waals surface area contributed by atoms with Crippen molar-refractivity contribution in [2.75, 3.05) is 6.54 Å². The zero-order chi connectivity index (χ0) is 16.7. The standard InChI is InChI=1S/C16H20N6OS/c1-10(2)14-18-17-13-9-21(6-7-22(13)14)11(3)15-19-20-16(23-15)12-5-4-8-24-12/h4-5,8,10-11H,6-7,9H2,1-3H3/t11-/m1/s1. The lowest BCUT2D eigenvalue weighted by Crippen LogP contribution is -2.36. The molecule has 4 rings (SSSR count). The van der Waals surface area contributed by atoms with Crippen molar-refractivity contribution in [2.24, 2.45) is 0 Å². The van der Waals surface area contributed by atoms with Crippen molar-refractivity contribution in [3.63, 3.8) is 0 Å². The third-order valence-corrected chi connectivity index (χ3v) is 5.26. The molecule has 7 nitrogen and oxygen atoms in total. The molecule has 0 spiro atoms. The van der Waals surface area contributed by atoms with E-state index in [-0.39, 0.29) is 6.04 Å². The van der Waals surface area contributed by atoms with Crippen molar-refractivity contribution in [2.45, 2.75) is 45.8 Å². The first kappa shape index (κ1) is 15.5. The first-order valence-electron chi connectivity index (χ1n) is 8.16. The average molecular weight is 344 g/mol. The molecule has 0 amide bonds. The first-order valence-corrected chi connectivity index (χ1v) is 9.04. The summed E-state index contributed by atoms with van der Waals surface area (Å²) in [5.41, 5.74) is 0. The van der Waals surface area contributed by atoms with E-state index >= 15 is 0 Å². The molecule has 8 heteroatoms. The van der Waals surface area contributed by atoms with Gasteiger partial charge in [-0.25, -0.2) is 0 Å². The molecule has 1 atom stereocenters. The topological polar surface area (TPSA) is 72.9 Å². The fourth-order valence-corrected chi connectivity index (χ4v) is 3.66. The molecule has 0 bridgehead atoms. The van der Waals surface area contributed by atoms with Crippen LogP contribution >= 0.6 is 11.3 Å². The number of fused-ring (bicyclic) bond motifs is 1. The molecule has 1 aliphatic heterocycles. The smallest absolute Gasteiger partial charge is 0.257 e. The van der Waals surface area contributed by atoms with E-state index in [1.54, 1.807) is 11.3 Å². The van der Waals surface area contributed by atoms with E-state index in [9.17, 15) is 0 Å². The van der Waals surface area contributed by atoms with E-state index in [1.807, 2.05) is 17.5 Å². The summed E-state index contributed by atoms with van der Waals surface area (Å²) in [6.07, 6.45) is 0. The second kappa shape index (κ2) is 6.10. The normalized spacial score (nSPS) is 16.5. The Hall–Kier alpha value is -2.06. The molecule has 3 aromatic heterocycles. The van der Waals surface area contributed by atoms with E-state index < -0.39 is 0 Å². The summed E-state index contributed by atoms with van der Waals surface area (Å²) in [5.74, 6) is 3.70. The van der Waals surface area contributed by atoms with Gasteiger partial charge in [0.05, 0.1) is 17.5 Å². The summed E-state index contributed by atoms with van der Waals surface area (Å²) in [6, 6.07) is 4.03. The highest BCUT2D eigenvalue weighted by atomic mass is 32.1. The molecule has 0 aliphatic carbocycles. The minimum atomic E-state index is 0.0548. The van der Waals surface area contributed by atoms with E-state index in [0.29, 0.717) is 17.7 Å². The molecular weight excluding hydrogens is 324 g/mol. The van der Waals surface area contributed by atoms with Gasteiger partial charge < -0.3 is 8.98 Å². The second-order valence-corrected chi connectivity index (χ2v) is 7.30. The van der Waals surface area contributed by atoms with Gasteiger partial charge in [-0.3, -0.25) is 4.90 Å². The Kier molecular flexibility index (Phi) is 3.93. The largest absolute Gasteiger partial charge is 0.418 e. The van der Waals surface area contributed by atoms with Crippen LogP contribution in [0.3, 0.4) is 0 Å². The van der Waals surface area contributed by atoms with E-state index in [0.717, 1.165) is 36.2 Å². The van der Waals surface area contributed by atoms with Gasteiger partial charge in [-0.2, -0.15) is 0 Å². The van der Waals surface area contributed by atoms with Gasteiger partial charge in [0.25, 0.3) is 5.89 Å². The van der Waals surface area contributed by atoms with Gasteiger partial charge in [0.15, 0.2) is 0 Å². The number of aromatic nitrogens is 5. The van der Waals surface area contributed by atoms with Gasteiger partial charge in [-0.05, 0) is 18.4 Å². The van der Waals surface area contributed by atoms with Crippen LogP contribution in [0.1, 0.15) is 50.3 Å². The molecule has 0 fully saturated rings. The van der Waals surface area contributed by atoms with Crippen molar-refractivity contribution in [3.8, 4) is 10.8 Å². The maximum atomic E-state index is 5.88. The Morgan fingerprint density at radius 3 is 2.75 bits per heavy atom. The van der Waals surface area contributed by atoms with Gasteiger partial charge in [0, 0.05) is 19.0 Å². The Balaban J connectivity index is 1.52. The second-order valence-electron chi connectivity index (χ2n) is 6.35. The summed E-state index contributed by atoms with van der Waals surface area (Å²) in [4.78, 5) is 3.31. The molecule has 1 aliphatic rings. The maximum absolute atomic E-state index is 5.88. The van der Waals surface area contributed by atoms with Crippen LogP contribution in [-0.2, 0) is 13.1 Å². The van der Waals surface area contributed by atoms with Gasteiger partial charge in [-0.1, -0.05) is 19.9 Å². The Morgan fingerprint density at radius 1 is 1.12 bits per heavy atom. The van der Waals surface area contributed by atoms with Gasteiger partial charge >= 0.3 is 0 Å². The highest BCUT2D eigenvalue weighted by Crippen LogP contribution is 2.29. The van der Waals surface area contributed by atoms with Crippen molar-refractivity contribution in [1.29, 1.82) is 0 Å². The van der Waals surface area contributed by atoms with Crippen molar-refractivity contribution in [1.82, 2.24) is 29.9 Å². The van der Waals surface area contributed by atoms with E-state index in [4.69, 9.17) is 4.42 Å². The molecule has 24 heavy (non-hydrogen) atoms. The number of rotatable bonds is 4. The average Bonchev–Trinajstić information content (AvgIpc) is 3.31. The summed E-state index contributed by atoms with van der Waals surface area (Å²) < 4.78 is 8.11. The number of hydrogen-bond donors (Lipinski definition) is 0. The van der Waals surface area contributed by atoms with E-state index in [2.05, 4.69) is 50.6 Å². The number of nitrogens with zero attached hydrogens (tertiary/aromatic N) is 6. The number of hydrogen-bond acceptors (Lipinski definition) is 7. The van der Waals surface area contributed by atoms with Crippen molar-refractivity contribution >= 4 is 11.3 Å². The monoisotopic (exact) mass is 344 g/mol. The Labute approximate surface area is 144 Å². The molecule has 4 heterocycles. The van der Waals surface area contributed by atoms with Crippen LogP contribution in [0, 0.1) is 0 Å². The van der Waals surface area contributed by atoms with Gasteiger partial charge in [0.2, 0.25) is 5.89 Å². The molecule has 0 unspecified atom stereocenters. The van der Waals surface area contributed by atoms with Crippen molar-refractivity contribution in [3.05, 3.63) is 35.1 Å². The van der Waals surface area contributed by atoms with Crippen LogP contribution in [0.15, 0.2) is 21.9 Å². The predicted molar refractivity (Wildman–Crippen MR) is 90.5 cm³/mol. The Morgan fingerprint density at radius 2 is 2.00 bits per heavy atom. The minimum absolute atomic E-state index is 0.0548. The zero-order valence-corrected chi connectivity index (χ0v) is 14.8. The van der Waals surface area contributed by atoms with Crippen LogP contribution in [0.25, 0.3) is 10.8 Å². The SMILES string of the molecule is CC(C)c1nnc2n1CCN([C@H](C)c1nnc(-c3cccs3)o1)C2. The summed E-state index contributed by atoms with van der Waals surface area (Å²) in [7, 11) is 0. The van der Waals surface area contributed by atoms with Crippen LogP contribution in [0.4, 0.5) is 0 Å². The molecule has 0 saturated carbocycles. The summed E-state index contributed by atoms with van der Waals surface area (Å²) in [6.45, 7) is 8.96. The number of thiophene rings is 1. The molecule has 0 radical (unpaired) electrons. The third-order valence-electron chi connectivity index (χ3n) is 4.41. The zero-order valence-electron chi connectivity index (χ0n) is 14.0. The molecule has 126 valence electrons. The predicted octanol–water partition coefficient (Wildman–Crippen LogP) is 3.09. The first-order chi connectivity index (χ1) is 11.6. The lowest BCUT2D eigenvalue weighted by molar-refractivity contribution is 0.142. The fraction of sp³-hybridized carbons (Fsp3) is 0.500. The summed E-state index contributed by atoms with van der Waals surface area (Å²) in [5, 5.41) is 19.1. The fourth-order valence-electron chi connectivity index (χ4n) is 3.02. The quantitative estimate of drug-likeness (QED) is 0.724. The Bertz CT molecular complexity index is 822. The van der Waals surface area contributed by atoms with Crippen LogP contribution in [0.2, 0.25) is 0 Å². The van der Waals surface area contributed by atoms with Crippen LogP contribution < -0.4 is 0 Å². The van der Waals surface area contributed by atoms with Gasteiger partial charge in [-0.15, -0.1) is 31.7 Å².